The summed E-state index contributed by atoms with van der Waals surface area (Å²) in [6, 6.07) is 9.82. The summed E-state index contributed by atoms with van der Waals surface area (Å²) in [7, 11) is 1.52. The third-order valence-electron chi connectivity index (χ3n) is 4.64. The third-order valence-corrected chi connectivity index (χ3v) is 4.64. The minimum atomic E-state index is -1.04. The molecule has 0 aliphatic carbocycles. The van der Waals surface area contributed by atoms with Gasteiger partial charge in [-0.05, 0) is 18.2 Å². The number of ether oxygens (including phenoxy) is 2. The Hall–Kier alpha value is -3.75. The van der Waals surface area contributed by atoms with E-state index in [9.17, 15) is 13.6 Å². The maximum atomic E-state index is 13.4. The number of hydrogen-bond donors (Lipinski definition) is 2. The molecule has 2 heterocycles. The average Bonchev–Trinajstić information content (AvgIpc) is 2.76. The average molecular weight is 412 g/mol. The Bertz CT molecular complexity index is 1090. The lowest BCUT2D eigenvalue weighted by atomic mass is 9.97. The van der Waals surface area contributed by atoms with E-state index in [1.807, 2.05) is 6.07 Å². The smallest absolute Gasteiger partial charge is 0.259 e. The van der Waals surface area contributed by atoms with Crippen LogP contribution >= 0.6 is 0 Å². The van der Waals surface area contributed by atoms with E-state index in [4.69, 9.17) is 9.47 Å². The van der Waals surface area contributed by atoms with Gasteiger partial charge in [-0.1, -0.05) is 12.1 Å². The fraction of sp³-hybridized carbons (Fsp3) is 0.190. The number of methoxy groups -OCH3 is 1. The number of anilines is 2. The van der Waals surface area contributed by atoms with Crippen LogP contribution in [0.15, 0.2) is 48.7 Å². The minimum Gasteiger partial charge on any atom is -0.492 e. The zero-order valence-corrected chi connectivity index (χ0v) is 16.0. The molecule has 1 atom stereocenters. The molecule has 30 heavy (non-hydrogen) atoms. The predicted molar refractivity (Wildman–Crippen MR) is 106 cm³/mol. The molecule has 1 amide bonds. The first-order valence-corrected chi connectivity index (χ1v) is 9.21. The molecular formula is C21H18F2N4O3. The molecule has 4 rings (SSSR count). The maximum Gasteiger partial charge on any atom is 0.259 e. The van der Waals surface area contributed by atoms with Gasteiger partial charge < -0.3 is 20.1 Å². The molecule has 2 aromatic carbocycles. The summed E-state index contributed by atoms with van der Waals surface area (Å²) < 4.78 is 37.4. The normalized spacial score (nSPS) is 15.0. The van der Waals surface area contributed by atoms with Gasteiger partial charge in [0.05, 0.1) is 25.3 Å². The third kappa shape index (κ3) is 4.00. The Morgan fingerprint density at radius 2 is 2.07 bits per heavy atom. The number of para-hydroxylation sites is 1. The van der Waals surface area contributed by atoms with Crippen LogP contribution in [0.4, 0.5) is 20.4 Å². The molecule has 1 aliphatic heterocycles. The standard InChI is InChI=1S/C21H18F2N4O3/c1-29-18-7-9-24-21(27-18)26-17-8-10-30-19-13(17)3-2-4-14(19)20(28)25-12-5-6-15(22)16(23)11-12/h2-7,9,11,17H,8,10H2,1H3,(H,25,28)(H,24,26,27)/t17-/m0/s1. The van der Waals surface area contributed by atoms with Crippen molar-refractivity contribution < 1.29 is 23.0 Å². The van der Waals surface area contributed by atoms with Crippen molar-refractivity contribution in [2.45, 2.75) is 12.5 Å². The maximum absolute atomic E-state index is 13.4. The molecule has 0 unspecified atom stereocenters. The first kappa shape index (κ1) is 19.6. The van der Waals surface area contributed by atoms with Gasteiger partial charge in [-0.25, -0.2) is 13.8 Å². The van der Waals surface area contributed by atoms with Crippen LogP contribution in [-0.2, 0) is 0 Å². The van der Waals surface area contributed by atoms with Crippen LogP contribution in [0.2, 0.25) is 0 Å². The summed E-state index contributed by atoms with van der Waals surface area (Å²) >= 11 is 0. The SMILES string of the molecule is COc1ccnc(N[C@H]2CCOc3c(C(=O)Nc4ccc(F)c(F)c4)cccc32)n1. The number of hydrogen-bond acceptors (Lipinski definition) is 6. The van der Waals surface area contributed by atoms with E-state index in [-0.39, 0.29) is 17.3 Å². The number of fused-ring (bicyclic) bond motifs is 1. The molecule has 1 aliphatic rings. The van der Waals surface area contributed by atoms with Gasteiger partial charge in [-0.2, -0.15) is 4.98 Å². The van der Waals surface area contributed by atoms with E-state index in [0.717, 1.165) is 17.7 Å². The van der Waals surface area contributed by atoms with Crippen LogP contribution in [0.25, 0.3) is 0 Å². The molecule has 0 fully saturated rings. The lowest BCUT2D eigenvalue weighted by molar-refractivity contribution is 0.102. The highest BCUT2D eigenvalue weighted by atomic mass is 19.2. The number of amides is 1. The van der Waals surface area contributed by atoms with Crippen LogP contribution in [0.1, 0.15) is 28.4 Å². The van der Waals surface area contributed by atoms with Crippen LogP contribution in [-0.4, -0.2) is 29.6 Å². The zero-order valence-electron chi connectivity index (χ0n) is 16.0. The van der Waals surface area contributed by atoms with Gasteiger partial charge in [0.15, 0.2) is 11.6 Å². The van der Waals surface area contributed by atoms with E-state index in [0.29, 0.717) is 30.6 Å². The number of aromatic nitrogens is 2. The van der Waals surface area contributed by atoms with Gasteiger partial charge >= 0.3 is 0 Å². The highest BCUT2D eigenvalue weighted by Crippen LogP contribution is 2.37. The van der Waals surface area contributed by atoms with Gasteiger partial charge in [0, 0.05) is 36.0 Å². The lowest BCUT2D eigenvalue weighted by Crippen LogP contribution is -2.24. The van der Waals surface area contributed by atoms with Crippen molar-refractivity contribution in [1.82, 2.24) is 9.97 Å². The fourth-order valence-electron chi connectivity index (χ4n) is 3.21. The van der Waals surface area contributed by atoms with Crippen LogP contribution in [0.3, 0.4) is 0 Å². The van der Waals surface area contributed by atoms with Crippen molar-refractivity contribution in [2.24, 2.45) is 0 Å². The molecule has 154 valence electrons. The van der Waals surface area contributed by atoms with Crippen molar-refractivity contribution in [3.05, 3.63) is 71.4 Å². The van der Waals surface area contributed by atoms with E-state index < -0.39 is 17.5 Å². The van der Waals surface area contributed by atoms with E-state index in [2.05, 4.69) is 20.6 Å². The van der Waals surface area contributed by atoms with Gasteiger partial charge in [0.1, 0.15) is 5.75 Å². The molecule has 0 spiro atoms. The molecule has 9 heteroatoms. The molecule has 2 N–H and O–H groups in total. The highest BCUT2D eigenvalue weighted by Gasteiger charge is 2.26. The molecule has 0 saturated carbocycles. The molecule has 3 aromatic rings. The van der Waals surface area contributed by atoms with Crippen molar-refractivity contribution in [2.75, 3.05) is 24.4 Å². The van der Waals surface area contributed by atoms with E-state index >= 15 is 0 Å². The van der Waals surface area contributed by atoms with Gasteiger partial charge in [0.2, 0.25) is 11.8 Å². The van der Waals surface area contributed by atoms with Crippen molar-refractivity contribution >= 4 is 17.5 Å². The topological polar surface area (TPSA) is 85.4 Å². The first-order valence-electron chi connectivity index (χ1n) is 9.21. The Morgan fingerprint density at radius 1 is 1.20 bits per heavy atom. The first-order chi connectivity index (χ1) is 14.5. The van der Waals surface area contributed by atoms with Crippen LogP contribution in [0, 0.1) is 11.6 Å². The second kappa shape index (κ2) is 8.32. The van der Waals surface area contributed by atoms with Crippen LogP contribution < -0.4 is 20.1 Å². The van der Waals surface area contributed by atoms with E-state index in [1.165, 1.54) is 13.2 Å². The molecule has 0 saturated heterocycles. The number of carbonyl (C=O) groups excluding carboxylic acids is 1. The molecule has 1 aromatic heterocycles. The van der Waals surface area contributed by atoms with Gasteiger partial charge in [0.25, 0.3) is 5.91 Å². The van der Waals surface area contributed by atoms with Crippen molar-refractivity contribution in [1.29, 1.82) is 0 Å². The number of nitrogens with one attached hydrogen (secondary N) is 2. The summed E-state index contributed by atoms with van der Waals surface area (Å²) in [5.74, 6) is -1.27. The lowest BCUT2D eigenvalue weighted by Gasteiger charge is -2.28. The fourth-order valence-corrected chi connectivity index (χ4v) is 3.21. The summed E-state index contributed by atoms with van der Waals surface area (Å²) in [4.78, 5) is 21.2. The zero-order chi connectivity index (χ0) is 21.1. The van der Waals surface area contributed by atoms with Crippen molar-refractivity contribution in [3.63, 3.8) is 0 Å². The summed E-state index contributed by atoms with van der Waals surface area (Å²) in [5, 5.41) is 5.80. The number of carbonyl (C=O) groups is 1. The van der Waals surface area contributed by atoms with Gasteiger partial charge in [-0.15, -0.1) is 0 Å². The number of rotatable bonds is 5. The molecule has 0 bridgehead atoms. The monoisotopic (exact) mass is 412 g/mol. The van der Waals surface area contributed by atoms with Gasteiger partial charge in [-0.3, -0.25) is 4.79 Å². The second-order valence-corrected chi connectivity index (χ2v) is 6.56. The summed E-state index contributed by atoms with van der Waals surface area (Å²) in [6.07, 6.45) is 2.22. The van der Waals surface area contributed by atoms with Crippen LogP contribution in [0.5, 0.6) is 11.6 Å². The Morgan fingerprint density at radius 3 is 2.87 bits per heavy atom. The quantitative estimate of drug-likeness (QED) is 0.660. The summed E-state index contributed by atoms with van der Waals surface area (Å²) in [5.41, 5.74) is 1.20. The molecule has 0 radical (unpaired) electrons. The molecule has 7 nitrogen and oxygen atoms in total. The number of nitrogens with zero attached hydrogens (tertiary/aromatic N) is 2. The highest BCUT2D eigenvalue weighted by molar-refractivity contribution is 6.06. The van der Waals surface area contributed by atoms with E-state index in [1.54, 1.807) is 24.4 Å². The largest absolute Gasteiger partial charge is 0.492 e. The Balaban J connectivity index is 1.59. The number of benzene rings is 2. The second-order valence-electron chi connectivity index (χ2n) is 6.56. The Labute approximate surface area is 171 Å². The number of halogens is 2. The minimum absolute atomic E-state index is 0.145. The predicted octanol–water partition coefficient (Wildman–Crippen LogP) is 3.95. The van der Waals surface area contributed by atoms with Crippen molar-refractivity contribution in [3.8, 4) is 11.6 Å². The molecular weight excluding hydrogens is 394 g/mol. The summed E-state index contributed by atoms with van der Waals surface area (Å²) in [6.45, 7) is 0.379. The Kier molecular flexibility index (Phi) is 5.42.